The van der Waals surface area contributed by atoms with Crippen molar-refractivity contribution < 1.29 is 5.11 Å². The molecule has 1 aromatic heterocycles. The fourth-order valence-electron chi connectivity index (χ4n) is 1.34. The quantitative estimate of drug-likeness (QED) is 0.456. The number of hydrazine groups is 1. The maximum absolute atomic E-state index is 9.23. The van der Waals surface area contributed by atoms with Crippen LogP contribution in [0.15, 0.2) is 6.20 Å². The molecule has 1 heterocycles. The Balaban J connectivity index is 2.71. The van der Waals surface area contributed by atoms with Gasteiger partial charge in [0.15, 0.2) is 5.82 Å². The maximum Gasteiger partial charge on any atom is 0.239 e. The summed E-state index contributed by atoms with van der Waals surface area (Å²) in [4.78, 5) is 7.92. The highest BCUT2D eigenvalue weighted by Gasteiger charge is 2.10. The largest absolute Gasteiger partial charge is 0.393 e. The van der Waals surface area contributed by atoms with Gasteiger partial charge in [0, 0.05) is 6.04 Å². The highest BCUT2D eigenvalue weighted by atomic mass is 35.5. The molecule has 0 spiro atoms. The van der Waals surface area contributed by atoms with Gasteiger partial charge in [-0.05, 0) is 20.3 Å². The van der Waals surface area contributed by atoms with E-state index in [1.807, 2.05) is 6.92 Å². The summed E-state index contributed by atoms with van der Waals surface area (Å²) in [5.74, 6) is 5.98. The Morgan fingerprint density at radius 1 is 1.56 bits per heavy atom. The first kappa shape index (κ1) is 13.0. The molecule has 7 heteroatoms. The molecule has 0 bridgehead atoms. The fourth-order valence-corrected chi connectivity index (χ4v) is 1.49. The third-order valence-electron chi connectivity index (χ3n) is 1.95. The average molecular weight is 246 g/mol. The zero-order chi connectivity index (χ0) is 12.1. The zero-order valence-electron chi connectivity index (χ0n) is 9.24. The van der Waals surface area contributed by atoms with Crippen molar-refractivity contribution in [3.05, 3.63) is 11.2 Å². The van der Waals surface area contributed by atoms with E-state index in [1.165, 1.54) is 6.20 Å². The summed E-state index contributed by atoms with van der Waals surface area (Å²) in [5, 5.41) is 12.7. The molecule has 0 aliphatic heterocycles. The van der Waals surface area contributed by atoms with Gasteiger partial charge in [-0.3, -0.25) is 5.43 Å². The van der Waals surface area contributed by atoms with E-state index in [1.54, 1.807) is 6.92 Å². The van der Waals surface area contributed by atoms with Gasteiger partial charge in [0.25, 0.3) is 0 Å². The third kappa shape index (κ3) is 3.80. The highest BCUT2D eigenvalue weighted by Crippen LogP contribution is 2.20. The minimum Gasteiger partial charge on any atom is -0.393 e. The molecule has 1 rings (SSSR count). The fraction of sp³-hybridized carbons (Fsp3) is 0.556. The lowest BCUT2D eigenvalue weighted by Crippen LogP contribution is -2.22. The molecule has 1 aromatic rings. The van der Waals surface area contributed by atoms with Crippen molar-refractivity contribution in [2.45, 2.75) is 32.4 Å². The van der Waals surface area contributed by atoms with Crippen LogP contribution in [0, 0.1) is 0 Å². The van der Waals surface area contributed by atoms with Crippen molar-refractivity contribution in [3.8, 4) is 0 Å². The Bertz CT molecular complexity index is 347. The first-order chi connectivity index (χ1) is 7.52. The van der Waals surface area contributed by atoms with Crippen LogP contribution < -0.4 is 16.6 Å². The SMILES string of the molecule is CC(O)CC(C)Nc1nc(NN)ncc1Cl. The van der Waals surface area contributed by atoms with Gasteiger partial charge in [-0.2, -0.15) is 4.98 Å². The van der Waals surface area contributed by atoms with Gasteiger partial charge in [0.05, 0.1) is 12.3 Å². The van der Waals surface area contributed by atoms with Crippen LogP contribution in [-0.4, -0.2) is 27.2 Å². The molecular weight excluding hydrogens is 230 g/mol. The molecule has 2 atom stereocenters. The van der Waals surface area contributed by atoms with Crippen LogP contribution in [-0.2, 0) is 0 Å². The van der Waals surface area contributed by atoms with Crippen LogP contribution in [0.3, 0.4) is 0 Å². The third-order valence-corrected chi connectivity index (χ3v) is 2.23. The number of rotatable bonds is 5. The van der Waals surface area contributed by atoms with Gasteiger partial charge in [-0.25, -0.2) is 10.8 Å². The number of halogens is 1. The number of nitrogen functional groups attached to an aromatic ring is 1. The monoisotopic (exact) mass is 245 g/mol. The normalized spacial score (nSPS) is 14.3. The van der Waals surface area contributed by atoms with E-state index in [4.69, 9.17) is 17.4 Å². The standard InChI is InChI=1S/C9H16ClN5O/c1-5(3-6(2)16)13-8-7(10)4-12-9(14-8)15-11/h4-6,16H,3,11H2,1-2H3,(H2,12,13,14,15). The molecule has 0 saturated heterocycles. The second-order valence-corrected chi connectivity index (χ2v) is 4.07. The Morgan fingerprint density at radius 2 is 2.25 bits per heavy atom. The van der Waals surface area contributed by atoms with Crippen LogP contribution in [0.1, 0.15) is 20.3 Å². The lowest BCUT2D eigenvalue weighted by molar-refractivity contribution is 0.179. The van der Waals surface area contributed by atoms with E-state index >= 15 is 0 Å². The minimum absolute atomic E-state index is 0.0537. The van der Waals surface area contributed by atoms with Crippen molar-refractivity contribution in [1.29, 1.82) is 0 Å². The molecule has 90 valence electrons. The second-order valence-electron chi connectivity index (χ2n) is 3.66. The molecule has 0 fully saturated rings. The molecule has 0 saturated carbocycles. The summed E-state index contributed by atoms with van der Waals surface area (Å²) in [7, 11) is 0. The summed E-state index contributed by atoms with van der Waals surface area (Å²) >= 11 is 5.92. The number of hydrogen-bond acceptors (Lipinski definition) is 6. The summed E-state index contributed by atoms with van der Waals surface area (Å²) in [6.45, 7) is 3.66. The average Bonchev–Trinajstić information content (AvgIpc) is 2.20. The van der Waals surface area contributed by atoms with Crippen molar-refractivity contribution in [2.75, 3.05) is 10.7 Å². The van der Waals surface area contributed by atoms with Crippen LogP contribution in [0.2, 0.25) is 5.02 Å². The van der Waals surface area contributed by atoms with E-state index in [0.29, 0.717) is 17.3 Å². The van der Waals surface area contributed by atoms with Gasteiger partial charge in [0.1, 0.15) is 5.02 Å². The lowest BCUT2D eigenvalue weighted by Gasteiger charge is -2.16. The second kappa shape index (κ2) is 5.83. The highest BCUT2D eigenvalue weighted by molar-refractivity contribution is 6.32. The number of aliphatic hydroxyl groups is 1. The van der Waals surface area contributed by atoms with Crippen molar-refractivity contribution in [2.24, 2.45) is 5.84 Å². The molecule has 0 radical (unpaired) electrons. The predicted molar refractivity (Wildman–Crippen MR) is 64.2 cm³/mol. The molecule has 5 N–H and O–H groups in total. The maximum atomic E-state index is 9.23. The first-order valence-electron chi connectivity index (χ1n) is 4.96. The topological polar surface area (TPSA) is 96.1 Å². The molecule has 16 heavy (non-hydrogen) atoms. The number of nitrogens with two attached hydrogens (primary N) is 1. The lowest BCUT2D eigenvalue weighted by atomic mass is 10.1. The van der Waals surface area contributed by atoms with Gasteiger partial charge >= 0.3 is 0 Å². The van der Waals surface area contributed by atoms with E-state index in [2.05, 4.69) is 20.7 Å². The Kier molecular flexibility index (Phi) is 4.72. The number of anilines is 2. The number of nitrogens with one attached hydrogen (secondary N) is 2. The van der Waals surface area contributed by atoms with Crippen LogP contribution in [0.5, 0.6) is 0 Å². The van der Waals surface area contributed by atoms with Crippen LogP contribution in [0.25, 0.3) is 0 Å². The smallest absolute Gasteiger partial charge is 0.239 e. The number of nitrogens with zero attached hydrogens (tertiary/aromatic N) is 2. The Labute approximate surface area is 99.2 Å². The molecule has 2 unspecified atom stereocenters. The molecule has 0 aromatic carbocycles. The van der Waals surface area contributed by atoms with Gasteiger partial charge in [-0.15, -0.1) is 0 Å². The van der Waals surface area contributed by atoms with Crippen molar-refractivity contribution in [1.82, 2.24) is 9.97 Å². The summed E-state index contributed by atoms with van der Waals surface area (Å²) in [6, 6.07) is 0.0537. The number of aliphatic hydroxyl groups excluding tert-OH is 1. The molecule has 0 aliphatic carbocycles. The minimum atomic E-state index is -0.379. The molecule has 0 aliphatic rings. The molecule has 0 amide bonds. The van der Waals surface area contributed by atoms with E-state index in [0.717, 1.165) is 0 Å². The Morgan fingerprint density at radius 3 is 2.81 bits per heavy atom. The van der Waals surface area contributed by atoms with E-state index < -0.39 is 0 Å². The summed E-state index contributed by atoms with van der Waals surface area (Å²) in [6.07, 6.45) is 1.68. The first-order valence-corrected chi connectivity index (χ1v) is 5.34. The van der Waals surface area contributed by atoms with Gasteiger partial charge < -0.3 is 10.4 Å². The summed E-state index contributed by atoms with van der Waals surface area (Å²) in [5.41, 5.74) is 2.34. The van der Waals surface area contributed by atoms with Crippen molar-refractivity contribution >= 4 is 23.4 Å². The van der Waals surface area contributed by atoms with Gasteiger partial charge in [0.2, 0.25) is 5.95 Å². The molecule has 6 nitrogen and oxygen atoms in total. The predicted octanol–water partition coefficient (Wildman–Crippen LogP) is 0.987. The zero-order valence-corrected chi connectivity index (χ0v) is 9.99. The summed E-state index contributed by atoms with van der Waals surface area (Å²) < 4.78 is 0. The van der Waals surface area contributed by atoms with E-state index in [-0.39, 0.29) is 18.1 Å². The van der Waals surface area contributed by atoms with Gasteiger partial charge in [-0.1, -0.05) is 11.6 Å². The number of aromatic nitrogens is 2. The van der Waals surface area contributed by atoms with Crippen molar-refractivity contribution in [3.63, 3.8) is 0 Å². The number of hydrogen-bond donors (Lipinski definition) is 4. The van der Waals surface area contributed by atoms with Crippen LogP contribution >= 0.6 is 11.6 Å². The molecular formula is C9H16ClN5O. The van der Waals surface area contributed by atoms with Crippen LogP contribution in [0.4, 0.5) is 11.8 Å². The Hall–Kier alpha value is -1.11. The van der Waals surface area contributed by atoms with E-state index in [9.17, 15) is 5.11 Å².